The Kier molecular flexibility index (Phi) is 7.43. The van der Waals surface area contributed by atoms with Crippen LogP contribution in [0.1, 0.15) is 15.9 Å². The van der Waals surface area contributed by atoms with E-state index in [-0.39, 0.29) is 18.3 Å². The van der Waals surface area contributed by atoms with Crippen LogP contribution in [-0.2, 0) is 4.79 Å². The van der Waals surface area contributed by atoms with Gasteiger partial charge >= 0.3 is 0 Å². The minimum Gasteiger partial charge on any atom is -0.497 e. The molecule has 1 N–H and O–H groups in total. The highest BCUT2D eigenvalue weighted by atomic mass is 16.5. The van der Waals surface area contributed by atoms with Crippen molar-refractivity contribution in [3.8, 4) is 17.2 Å². The molecule has 0 bridgehead atoms. The second-order valence-corrected chi connectivity index (χ2v) is 6.54. The first-order valence-electron chi connectivity index (χ1n) is 9.61. The summed E-state index contributed by atoms with van der Waals surface area (Å²) in [4.78, 5) is 24.4. The van der Waals surface area contributed by atoms with Crippen molar-refractivity contribution in [1.29, 1.82) is 0 Å². The summed E-state index contributed by atoms with van der Waals surface area (Å²) in [6, 6.07) is 21.2. The van der Waals surface area contributed by atoms with E-state index in [2.05, 4.69) is 5.32 Å². The number of nitrogens with one attached hydrogen (secondary N) is 1. The molecule has 0 fully saturated rings. The molecule has 1 amide bonds. The fourth-order valence-electron chi connectivity index (χ4n) is 2.78. The highest BCUT2D eigenvalue weighted by molar-refractivity contribution is 6.06. The molecule has 0 saturated carbocycles. The molecule has 3 rings (SSSR count). The SMILES string of the molecule is COc1ccc(C(=O)C=Cc2ccc(NC(=O)COc3ccccc3OC)cc2)cc1. The van der Waals surface area contributed by atoms with Crippen molar-refractivity contribution in [3.63, 3.8) is 0 Å². The number of anilines is 1. The molecule has 0 aliphatic heterocycles. The van der Waals surface area contributed by atoms with Crippen LogP contribution in [0.5, 0.6) is 17.2 Å². The number of benzene rings is 3. The third-order valence-electron chi connectivity index (χ3n) is 4.42. The highest BCUT2D eigenvalue weighted by Gasteiger charge is 2.07. The lowest BCUT2D eigenvalue weighted by atomic mass is 10.1. The quantitative estimate of drug-likeness (QED) is 0.406. The molecule has 0 saturated heterocycles. The summed E-state index contributed by atoms with van der Waals surface area (Å²) < 4.78 is 15.8. The van der Waals surface area contributed by atoms with Crippen LogP contribution in [0.2, 0.25) is 0 Å². The lowest BCUT2D eigenvalue weighted by molar-refractivity contribution is -0.118. The van der Waals surface area contributed by atoms with E-state index in [1.807, 2.05) is 18.2 Å². The predicted molar refractivity (Wildman–Crippen MR) is 120 cm³/mol. The van der Waals surface area contributed by atoms with E-state index in [1.54, 1.807) is 74.9 Å². The van der Waals surface area contributed by atoms with Crippen LogP contribution in [0.15, 0.2) is 78.9 Å². The Morgan fingerprint density at radius 3 is 2.16 bits per heavy atom. The van der Waals surface area contributed by atoms with Crippen molar-refractivity contribution in [2.24, 2.45) is 0 Å². The molecular formula is C25H23NO5. The smallest absolute Gasteiger partial charge is 0.262 e. The van der Waals surface area contributed by atoms with Crippen molar-refractivity contribution in [3.05, 3.63) is 90.0 Å². The molecule has 0 aromatic heterocycles. The van der Waals surface area contributed by atoms with Crippen LogP contribution < -0.4 is 19.5 Å². The molecule has 0 heterocycles. The number of hydrogen-bond acceptors (Lipinski definition) is 5. The Balaban J connectivity index is 1.52. The second kappa shape index (κ2) is 10.6. The number of para-hydroxylation sites is 2. The van der Waals surface area contributed by atoms with E-state index in [1.165, 1.54) is 6.08 Å². The Hall–Kier alpha value is -4.06. The zero-order valence-electron chi connectivity index (χ0n) is 17.3. The van der Waals surface area contributed by atoms with Crippen LogP contribution in [0.25, 0.3) is 6.08 Å². The molecule has 0 aliphatic carbocycles. The van der Waals surface area contributed by atoms with Crippen LogP contribution in [-0.4, -0.2) is 32.5 Å². The van der Waals surface area contributed by atoms with Crippen molar-refractivity contribution in [2.45, 2.75) is 0 Å². The number of carbonyl (C=O) groups is 2. The van der Waals surface area contributed by atoms with Crippen LogP contribution >= 0.6 is 0 Å². The van der Waals surface area contributed by atoms with Gasteiger partial charge in [0.2, 0.25) is 0 Å². The maximum Gasteiger partial charge on any atom is 0.262 e. The van der Waals surface area contributed by atoms with Crippen molar-refractivity contribution in [2.75, 3.05) is 26.1 Å². The van der Waals surface area contributed by atoms with Gasteiger partial charge < -0.3 is 19.5 Å². The number of allylic oxidation sites excluding steroid dienone is 1. The molecule has 6 nitrogen and oxygen atoms in total. The van der Waals surface area contributed by atoms with Gasteiger partial charge in [0.05, 0.1) is 14.2 Å². The Morgan fingerprint density at radius 1 is 0.839 bits per heavy atom. The van der Waals surface area contributed by atoms with Crippen LogP contribution in [0.3, 0.4) is 0 Å². The molecule has 3 aromatic carbocycles. The first-order valence-corrected chi connectivity index (χ1v) is 9.61. The van der Waals surface area contributed by atoms with Crippen molar-refractivity contribution < 1.29 is 23.8 Å². The molecule has 31 heavy (non-hydrogen) atoms. The molecule has 3 aromatic rings. The third kappa shape index (κ3) is 6.21. The van der Waals surface area contributed by atoms with Gasteiger partial charge in [0, 0.05) is 11.3 Å². The van der Waals surface area contributed by atoms with Crippen molar-refractivity contribution >= 4 is 23.5 Å². The van der Waals surface area contributed by atoms with E-state index in [0.717, 1.165) is 5.56 Å². The molecule has 0 spiro atoms. The number of ether oxygens (including phenoxy) is 3. The maximum atomic E-state index is 12.3. The highest BCUT2D eigenvalue weighted by Crippen LogP contribution is 2.25. The Morgan fingerprint density at radius 2 is 1.52 bits per heavy atom. The molecule has 6 heteroatoms. The van der Waals surface area contributed by atoms with Gasteiger partial charge in [0.1, 0.15) is 5.75 Å². The number of carbonyl (C=O) groups excluding carboxylic acids is 2. The number of ketones is 1. The zero-order valence-corrected chi connectivity index (χ0v) is 17.3. The van der Waals surface area contributed by atoms with Gasteiger partial charge in [-0.1, -0.05) is 30.3 Å². The minimum atomic E-state index is -0.288. The zero-order chi connectivity index (χ0) is 22.1. The number of methoxy groups -OCH3 is 2. The summed E-state index contributed by atoms with van der Waals surface area (Å²) in [6.07, 6.45) is 3.24. The van der Waals surface area contributed by atoms with E-state index in [4.69, 9.17) is 14.2 Å². The van der Waals surface area contributed by atoms with Gasteiger partial charge in [0.15, 0.2) is 23.9 Å². The summed E-state index contributed by atoms with van der Waals surface area (Å²) >= 11 is 0. The van der Waals surface area contributed by atoms with Gasteiger partial charge in [0.25, 0.3) is 5.91 Å². The van der Waals surface area contributed by atoms with Crippen LogP contribution in [0.4, 0.5) is 5.69 Å². The summed E-state index contributed by atoms with van der Waals surface area (Å²) in [7, 11) is 3.12. The fourth-order valence-corrected chi connectivity index (χ4v) is 2.78. The van der Waals surface area contributed by atoms with E-state index in [0.29, 0.717) is 28.5 Å². The van der Waals surface area contributed by atoms with E-state index in [9.17, 15) is 9.59 Å². The summed E-state index contributed by atoms with van der Waals surface area (Å²) in [6.45, 7) is -0.140. The third-order valence-corrected chi connectivity index (χ3v) is 4.42. The second-order valence-electron chi connectivity index (χ2n) is 6.54. The molecular weight excluding hydrogens is 394 g/mol. The predicted octanol–water partition coefficient (Wildman–Crippen LogP) is 4.62. The van der Waals surface area contributed by atoms with Gasteiger partial charge in [-0.2, -0.15) is 0 Å². The molecule has 0 radical (unpaired) electrons. The number of rotatable bonds is 9. The first-order chi connectivity index (χ1) is 15.1. The van der Waals surface area contributed by atoms with Gasteiger partial charge in [-0.05, 0) is 60.2 Å². The topological polar surface area (TPSA) is 73.9 Å². The summed E-state index contributed by atoms with van der Waals surface area (Å²) in [5, 5.41) is 2.77. The standard InChI is InChI=1S/C25H23NO5/c1-29-21-14-10-19(11-15-21)22(27)16-9-18-7-12-20(13-8-18)26-25(28)17-31-24-6-4-3-5-23(24)30-2/h3-16H,17H2,1-2H3,(H,26,28). The molecule has 0 unspecified atom stereocenters. The molecule has 0 atom stereocenters. The Bertz CT molecular complexity index is 1060. The van der Waals surface area contributed by atoms with Crippen LogP contribution in [0, 0.1) is 0 Å². The minimum absolute atomic E-state index is 0.103. The van der Waals surface area contributed by atoms with E-state index >= 15 is 0 Å². The summed E-state index contributed by atoms with van der Waals surface area (Å²) in [5.74, 6) is 1.38. The normalized spacial score (nSPS) is 10.5. The monoisotopic (exact) mass is 417 g/mol. The van der Waals surface area contributed by atoms with E-state index < -0.39 is 0 Å². The van der Waals surface area contributed by atoms with Crippen molar-refractivity contribution in [1.82, 2.24) is 0 Å². The van der Waals surface area contributed by atoms with Gasteiger partial charge in [-0.15, -0.1) is 0 Å². The maximum absolute atomic E-state index is 12.3. The lowest BCUT2D eigenvalue weighted by Crippen LogP contribution is -2.20. The average Bonchev–Trinajstić information content (AvgIpc) is 2.82. The Labute approximate surface area is 181 Å². The van der Waals surface area contributed by atoms with Gasteiger partial charge in [-0.25, -0.2) is 0 Å². The number of amides is 1. The average molecular weight is 417 g/mol. The molecule has 0 aliphatic rings. The largest absolute Gasteiger partial charge is 0.497 e. The lowest BCUT2D eigenvalue weighted by Gasteiger charge is -2.10. The fraction of sp³-hybridized carbons (Fsp3) is 0.120. The summed E-state index contributed by atoms with van der Waals surface area (Å²) in [5.41, 5.74) is 2.05. The van der Waals surface area contributed by atoms with Gasteiger partial charge in [-0.3, -0.25) is 9.59 Å². The molecule has 158 valence electrons. The number of hydrogen-bond donors (Lipinski definition) is 1. The first kappa shape index (κ1) is 21.6.